The van der Waals surface area contributed by atoms with Crippen LogP contribution in [0.2, 0.25) is 0 Å². The fraction of sp³-hybridized carbons (Fsp3) is 0.933. The predicted octanol–water partition coefficient (Wildman–Crippen LogP) is 3.28. The summed E-state index contributed by atoms with van der Waals surface area (Å²) in [5.41, 5.74) is 0. The van der Waals surface area contributed by atoms with E-state index in [-0.39, 0.29) is 0 Å². The summed E-state index contributed by atoms with van der Waals surface area (Å²) in [5, 5.41) is 5.79. The zero-order valence-corrected chi connectivity index (χ0v) is 12.1. The molecule has 1 heterocycles. The molecule has 2 nitrogen and oxygen atoms in total. The van der Waals surface area contributed by atoms with Gasteiger partial charge in [0.25, 0.3) is 0 Å². The first-order chi connectivity index (χ1) is 8.79. The highest BCUT2D eigenvalue weighted by molar-refractivity contribution is 8.14. The van der Waals surface area contributed by atoms with E-state index in [0.717, 1.165) is 35.5 Å². The minimum Gasteiger partial charge on any atom is -0.362 e. The molecule has 1 aliphatic heterocycles. The molecule has 0 aromatic carbocycles. The Bertz CT molecular complexity index is 364. The van der Waals surface area contributed by atoms with E-state index in [1.54, 1.807) is 0 Å². The molecule has 4 rings (SSSR count). The van der Waals surface area contributed by atoms with Gasteiger partial charge in [-0.2, -0.15) is 0 Å². The Morgan fingerprint density at radius 2 is 2.00 bits per heavy atom. The van der Waals surface area contributed by atoms with Gasteiger partial charge in [-0.3, -0.25) is 4.99 Å². The summed E-state index contributed by atoms with van der Waals surface area (Å²) in [7, 11) is 0. The number of fused-ring (bicyclic) bond motifs is 2. The second-order valence-electron chi connectivity index (χ2n) is 6.91. The largest absolute Gasteiger partial charge is 0.362 e. The van der Waals surface area contributed by atoms with Crippen LogP contribution in [-0.4, -0.2) is 23.0 Å². The summed E-state index contributed by atoms with van der Waals surface area (Å²) in [6, 6.07) is 0.643. The van der Waals surface area contributed by atoms with Crippen LogP contribution in [0.5, 0.6) is 0 Å². The number of nitrogens with zero attached hydrogens (tertiary/aromatic N) is 1. The second-order valence-corrected chi connectivity index (χ2v) is 8.14. The Hall–Kier alpha value is -0.180. The molecule has 0 aromatic rings. The summed E-state index contributed by atoms with van der Waals surface area (Å²) in [4.78, 5) is 4.72. The van der Waals surface area contributed by atoms with Gasteiger partial charge >= 0.3 is 0 Å². The summed E-state index contributed by atoms with van der Waals surface area (Å²) < 4.78 is 0. The number of hydrogen-bond acceptors (Lipinski definition) is 3. The average Bonchev–Trinajstić information content (AvgIpc) is 2.82. The minimum atomic E-state index is 0.643. The van der Waals surface area contributed by atoms with Crippen molar-refractivity contribution in [3.05, 3.63) is 0 Å². The van der Waals surface area contributed by atoms with Crippen LogP contribution in [0.1, 0.15) is 45.4 Å². The number of amidine groups is 1. The monoisotopic (exact) mass is 264 g/mol. The molecule has 0 saturated heterocycles. The molecular weight excluding hydrogens is 240 g/mol. The molecule has 3 fully saturated rings. The van der Waals surface area contributed by atoms with Crippen LogP contribution in [0.3, 0.4) is 0 Å². The fourth-order valence-corrected chi connectivity index (χ4v) is 5.70. The Balaban J connectivity index is 1.32. The van der Waals surface area contributed by atoms with Gasteiger partial charge in [-0.25, -0.2) is 0 Å². The Kier molecular flexibility index (Phi) is 2.86. The first-order valence-electron chi connectivity index (χ1n) is 7.77. The summed E-state index contributed by atoms with van der Waals surface area (Å²) in [5.74, 6) is 3.98. The van der Waals surface area contributed by atoms with E-state index >= 15 is 0 Å². The van der Waals surface area contributed by atoms with Crippen molar-refractivity contribution in [2.45, 2.75) is 56.7 Å². The van der Waals surface area contributed by atoms with Gasteiger partial charge in [0.2, 0.25) is 0 Å². The van der Waals surface area contributed by atoms with Crippen LogP contribution in [0.15, 0.2) is 4.99 Å². The van der Waals surface area contributed by atoms with Gasteiger partial charge in [0.05, 0.1) is 6.54 Å². The van der Waals surface area contributed by atoms with Crippen LogP contribution in [0.25, 0.3) is 0 Å². The van der Waals surface area contributed by atoms with Crippen LogP contribution in [-0.2, 0) is 0 Å². The first-order valence-corrected chi connectivity index (χ1v) is 8.65. The van der Waals surface area contributed by atoms with E-state index in [1.165, 1.54) is 43.7 Å². The smallest absolute Gasteiger partial charge is 0.157 e. The van der Waals surface area contributed by atoms with Crippen LogP contribution in [0.4, 0.5) is 0 Å². The van der Waals surface area contributed by atoms with Gasteiger partial charge in [-0.1, -0.05) is 18.2 Å². The Morgan fingerprint density at radius 1 is 1.17 bits per heavy atom. The molecule has 0 spiro atoms. The molecule has 2 bridgehead atoms. The average molecular weight is 264 g/mol. The van der Waals surface area contributed by atoms with Crippen LogP contribution < -0.4 is 5.32 Å². The van der Waals surface area contributed by atoms with E-state index in [1.807, 2.05) is 11.8 Å². The lowest BCUT2D eigenvalue weighted by atomic mass is 9.84. The number of hydrogen-bond donors (Lipinski definition) is 1. The van der Waals surface area contributed by atoms with Crippen molar-refractivity contribution in [3.8, 4) is 0 Å². The molecule has 0 amide bonds. The lowest BCUT2D eigenvalue weighted by Crippen LogP contribution is -2.38. The second kappa shape index (κ2) is 4.43. The van der Waals surface area contributed by atoms with Crippen molar-refractivity contribution in [1.82, 2.24) is 5.32 Å². The normalized spacial score (nSPS) is 44.2. The summed E-state index contributed by atoms with van der Waals surface area (Å²) in [6.45, 7) is 3.46. The molecule has 100 valence electrons. The maximum absolute atomic E-state index is 4.72. The van der Waals surface area contributed by atoms with Gasteiger partial charge in [0.15, 0.2) is 5.17 Å². The quantitative estimate of drug-likeness (QED) is 0.846. The molecule has 3 saturated carbocycles. The SMILES string of the molecule is CC(NC1=NCC(C2CC2)S1)C1CC2CCC1C2. The molecule has 3 aliphatic carbocycles. The fourth-order valence-electron chi connectivity index (χ4n) is 4.39. The van der Waals surface area contributed by atoms with Crippen molar-refractivity contribution >= 4 is 16.9 Å². The van der Waals surface area contributed by atoms with Crippen molar-refractivity contribution < 1.29 is 0 Å². The molecule has 18 heavy (non-hydrogen) atoms. The van der Waals surface area contributed by atoms with Crippen LogP contribution in [0, 0.1) is 23.7 Å². The third-order valence-corrected chi connectivity index (χ3v) is 6.92. The van der Waals surface area contributed by atoms with Gasteiger partial charge in [0, 0.05) is 11.3 Å². The zero-order chi connectivity index (χ0) is 12.1. The van der Waals surface area contributed by atoms with E-state index < -0.39 is 0 Å². The number of rotatable bonds is 3. The van der Waals surface area contributed by atoms with E-state index in [0.29, 0.717) is 6.04 Å². The maximum Gasteiger partial charge on any atom is 0.157 e. The Morgan fingerprint density at radius 3 is 2.67 bits per heavy atom. The molecule has 5 atom stereocenters. The van der Waals surface area contributed by atoms with Gasteiger partial charge in [0.1, 0.15) is 0 Å². The molecule has 0 radical (unpaired) electrons. The lowest BCUT2D eigenvalue weighted by Gasteiger charge is -2.29. The minimum absolute atomic E-state index is 0.643. The van der Waals surface area contributed by atoms with Crippen molar-refractivity contribution in [2.24, 2.45) is 28.7 Å². The predicted molar refractivity (Wildman–Crippen MR) is 77.9 cm³/mol. The topological polar surface area (TPSA) is 24.4 Å². The van der Waals surface area contributed by atoms with Crippen LogP contribution >= 0.6 is 11.8 Å². The molecule has 5 unspecified atom stereocenters. The first kappa shape index (κ1) is 11.6. The number of thioether (sulfide) groups is 1. The van der Waals surface area contributed by atoms with Gasteiger partial charge < -0.3 is 5.32 Å². The van der Waals surface area contributed by atoms with Gasteiger partial charge in [-0.15, -0.1) is 0 Å². The highest BCUT2D eigenvalue weighted by atomic mass is 32.2. The lowest BCUT2D eigenvalue weighted by molar-refractivity contribution is 0.279. The summed E-state index contributed by atoms with van der Waals surface area (Å²) in [6.07, 6.45) is 8.88. The molecule has 3 heteroatoms. The summed E-state index contributed by atoms with van der Waals surface area (Å²) >= 11 is 2.03. The van der Waals surface area contributed by atoms with E-state index in [2.05, 4.69) is 12.2 Å². The van der Waals surface area contributed by atoms with Crippen molar-refractivity contribution in [3.63, 3.8) is 0 Å². The van der Waals surface area contributed by atoms with Crippen molar-refractivity contribution in [2.75, 3.05) is 6.54 Å². The molecule has 1 N–H and O–H groups in total. The number of nitrogens with one attached hydrogen (secondary N) is 1. The van der Waals surface area contributed by atoms with E-state index in [4.69, 9.17) is 4.99 Å². The highest BCUT2D eigenvalue weighted by Gasteiger charge is 2.42. The molecular formula is C15H24N2S. The van der Waals surface area contributed by atoms with E-state index in [9.17, 15) is 0 Å². The van der Waals surface area contributed by atoms with Gasteiger partial charge in [-0.05, 0) is 62.7 Å². The molecule has 0 aromatic heterocycles. The Labute approximate surface area is 114 Å². The third kappa shape index (κ3) is 2.09. The maximum atomic E-state index is 4.72. The third-order valence-electron chi connectivity index (χ3n) is 5.61. The highest BCUT2D eigenvalue weighted by Crippen LogP contribution is 2.49. The van der Waals surface area contributed by atoms with Crippen molar-refractivity contribution in [1.29, 1.82) is 0 Å². The number of aliphatic imine (C=N–C) groups is 1. The molecule has 4 aliphatic rings. The standard InChI is InChI=1S/C15H24N2S/c1-9(13-7-10-2-3-12(13)6-10)17-15-16-8-14(18-15)11-4-5-11/h9-14H,2-8H2,1H3,(H,16,17). The zero-order valence-electron chi connectivity index (χ0n) is 11.3.